The zero-order chi connectivity index (χ0) is 16.4. The number of non-ortho nitro benzene ring substituents is 1. The first kappa shape index (κ1) is 15.1. The second-order valence-corrected chi connectivity index (χ2v) is 5.82. The minimum absolute atomic E-state index is 0.0542. The molecular weight excluding hydrogens is 318 g/mol. The molecule has 0 bridgehead atoms. The van der Waals surface area contributed by atoms with E-state index in [1.54, 1.807) is 16.6 Å². The molecule has 2 heterocycles. The van der Waals surface area contributed by atoms with E-state index in [0.717, 1.165) is 26.8 Å². The van der Waals surface area contributed by atoms with E-state index in [-0.39, 0.29) is 12.3 Å². The number of hydrogen-bond acceptors (Lipinski definition) is 7. The van der Waals surface area contributed by atoms with Gasteiger partial charge in [0.1, 0.15) is 12.9 Å². The Bertz CT molecular complexity index is 882. The first-order chi connectivity index (χ1) is 11.1. The molecule has 3 aromatic rings. The highest BCUT2D eigenvalue weighted by atomic mass is 32.1. The molecule has 1 aromatic carbocycles. The Balaban J connectivity index is 1.68. The molecule has 118 valence electrons. The van der Waals surface area contributed by atoms with E-state index in [2.05, 4.69) is 15.2 Å². The van der Waals surface area contributed by atoms with E-state index >= 15 is 0 Å². The van der Waals surface area contributed by atoms with Gasteiger partial charge < -0.3 is 4.84 Å². The molecule has 0 fully saturated rings. The minimum atomic E-state index is -0.434. The molecule has 0 amide bonds. The molecule has 0 aliphatic rings. The van der Waals surface area contributed by atoms with Gasteiger partial charge in [-0.25, -0.2) is 9.50 Å². The average Bonchev–Trinajstić information content (AvgIpc) is 3.11. The highest BCUT2D eigenvalue weighted by Crippen LogP contribution is 2.21. The van der Waals surface area contributed by atoms with Crippen molar-refractivity contribution in [2.45, 2.75) is 20.5 Å². The number of aryl methyl sites for hydroxylation is 1. The molecule has 0 unspecified atom stereocenters. The zero-order valence-electron chi connectivity index (χ0n) is 12.5. The van der Waals surface area contributed by atoms with Gasteiger partial charge >= 0.3 is 0 Å². The lowest BCUT2D eigenvalue weighted by molar-refractivity contribution is -0.384. The largest absolute Gasteiger partial charge is 0.391 e. The molecule has 8 nitrogen and oxygen atoms in total. The Hall–Kier alpha value is -2.81. The van der Waals surface area contributed by atoms with E-state index in [9.17, 15) is 10.1 Å². The summed E-state index contributed by atoms with van der Waals surface area (Å²) in [7, 11) is 0. The summed E-state index contributed by atoms with van der Waals surface area (Å²) in [6.45, 7) is 4.05. The average molecular weight is 331 g/mol. The van der Waals surface area contributed by atoms with Gasteiger partial charge in [-0.05, 0) is 31.5 Å². The van der Waals surface area contributed by atoms with Gasteiger partial charge in [-0.2, -0.15) is 5.10 Å². The quantitative estimate of drug-likeness (QED) is 0.407. The number of hydrogen-bond donors (Lipinski definition) is 0. The van der Waals surface area contributed by atoms with Crippen molar-refractivity contribution in [1.29, 1.82) is 0 Å². The summed E-state index contributed by atoms with van der Waals surface area (Å²) >= 11 is 1.49. The summed E-state index contributed by atoms with van der Waals surface area (Å²) in [5, 5.41) is 18.8. The highest BCUT2D eigenvalue weighted by molar-refractivity contribution is 7.19. The Kier molecular flexibility index (Phi) is 4.02. The van der Waals surface area contributed by atoms with Crippen molar-refractivity contribution < 1.29 is 9.76 Å². The van der Waals surface area contributed by atoms with Crippen molar-refractivity contribution in [2.24, 2.45) is 5.16 Å². The predicted octanol–water partition coefficient (Wildman–Crippen LogP) is 2.95. The van der Waals surface area contributed by atoms with Crippen molar-refractivity contribution in [3.8, 4) is 0 Å². The van der Waals surface area contributed by atoms with E-state index in [1.165, 1.54) is 29.8 Å². The monoisotopic (exact) mass is 331 g/mol. The number of benzene rings is 1. The van der Waals surface area contributed by atoms with Crippen LogP contribution >= 0.6 is 11.3 Å². The maximum atomic E-state index is 10.6. The fourth-order valence-electron chi connectivity index (χ4n) is 2.09. The fraction of sp³-hybridized carbons (Fsp3) is 0.214. The lowest BCUT2D eigenvalue weighted by Gasteiger charge is -2.02. The normalized spacial score (nSPS) is 11.8. The molecule has 3 rings (SSSR count). The van der Waals surface area contributed by atoms with Crippen LogP contribution in [0.15, 0.2) is 35.7 Å². The van der Waals surface area contributed by atoms with E-state index < -0.39 is 4.92 Å². The van der Waals surface area contributed by atoms with E-state index in [1.807, 2.05) is 13.8 Å². The topological polar surface area (TPSA) is 94.9 Å². The molecule has 0 spiro atoms. The molecule has 2 aromatic heterocycles. The van der Waals surface area contributed by atoms with Crippen LogP contribution in [0.1, 0.15) is 23.1 Å². The zero-order valence-corrected chi connectivity index (χ0v) is 13.3. The SMILES string of the molecule is C/C(=N\OCc1ccc([N+](=O)[O-])cc1)c1sc2ncnn2c1C. The van der Waals surface area contributed by atoms with Crippen molar-refractivity contribution >= 4 is 27.7 Å². The van der Waals surface area contributed by atoms with Gasteiger partial charge in [0.05, 0.1) is 21.2 Å². The smallest absolute Gasteiger partial charge is 0.269 e. The third-order valence-corrected chi connectivity index (χ3v) is 4.52. The first-order valence-corrected chi connectivity index (χ1v) is 7.57. The fourth-order valence-corrected chi connectivity index (χ4v) is 3.06. The summed E-state index contributed by atoms with van der Waals surface area (Å²) < 4.78 is 1.76. The Labute approximate surface area is 135 Å². The van der Waals surface area contributed by atoms with Crippen LogP contribution in [-0.4, -0.2) is 25.2 Å². The summed E-state index contributed by atoms with van der Waals surface area (Å²) in [6, 6.07) is 6.19. The molecule has 0 N–H and O–H groups in total. The Morgan fingerprint density at radius 3 is 2.83 bits per heavy atom. The van der Waals surface area contributed by atoms with Crippen LogP contribution in [0.3, 0.4) is 0 Å². The number of fused-ring (bicyclic) bond motifs is 1. The summed E-state index contributed by atoms with van der Waals surface area (Å²) in [5.41, 5.74) is 2.56. The van der Waals surface area contributed by atoms with Gasteiger partial charge in [-0.1, -0.05) is 16.5 Å². The van der Waals surface area contributed by atoms with Crippen LogP contribution in [-0.2, 0) is 11.4 Å². The highest BCUT2D eigenvalue weighted by Gasteiger charge is 2.12. The number of nitro groups is 1. The van der Waals surface area contributed by atoms with Crippen molar-refractivity contribution in [3.05, 3.63) is 56.8 Å². The molecule has 0 saturated heterocycles. The van der Waals surface area contributed by atoms with Gasteiger partial charge in [-0.3, -0.25) is 10.1 Å². The van der Waals surface area contributed by atoms with Crippen LogP contribution in [0.25, 0.3) is 4.96 Å². The molecule has 0 aliphatic carbocycles. The van der Waals surface area contributed by atoms with Crippen LogP contribution in [0.5, 0.6) is 0 Å². The summed E-state index contributed by atoms with van der Waals surface area (Å²) in [4.78, 5) is 21.4. The maximum Gasteiger partial charge on any atom is 0.269 e. The minimum Gasteiger partial charge on any atom is -0.391 e. The van der Waals surface area contributed by atoms with E-state index in [0.29, 0.717) is 0 Å². The van der Waals surface area contributed by atoms with Crippen molar-refractivity contribution in [2.75, 3.05) is 0 Å². The van der Waals surface area contributed by atoms with Gasteiger partial charge in [0.15, 0.2) is 0 Å². The second kappa shape index (κ2) is 6.13. The number of nitro benzene ring substituents is 1. The summed E-state index contributed by atoms with van der Waals surface area (Å²) in [5.74, 6) is 0. The van der Waals surface area contributed by atoms with Crippen molar-refractivity contribution in [1.82, 2.24) is 14.6 Å². The van der Waals surface area contributed by atoms with Crippen LogP contribution in [0.2, 0.25) is 0 Å². The number of aromatic nitrogens is 3. The number of rotatable bonds is 5. The van der Waals surface area contributed by atoms with Gasteiger partial charge in [-0.15, -0.1) is 0 Å². The standard InChI is InChI=1S/C14H13N5O3S/c1-9(13-10(2)18-14(23-13)15-8-16-18)17-22-7-11-3-5-12(6-4-11)19(20)21/h3-6,8H,7H2,1-2H3/b17-9+. The van der Waals surface area contributed by atoms with Crippen LogP contribution in [0.4, 0.5) is 5.69 Å². The number of thiazole rings is 1. The van der Waals surface area contributed by atoms with Gasteiger partial charge in [0.2, 0.25) is 4.96 Å². The molecule has 23 heavy (non-hydrogen) atoms. The van der Waals surface area contributed by atoms with Gasteiger partial charge in [0, 0.05) is 12.1 Å². The Morgan fingerprint density at radius 1 is 1.43 bits per heavy atom. The van der Waals surface area contributed by atoms with Crippen LogP contribution in [0, 0.1) is 17.0 Å². The van der Waals surface area contributed by atoms with Crippen molar-refractivity contribution in [3.63, 3.8) is 0 Å². The third-order valence-electron chi connectivity index (χ3n) is 3.26. The molecule has 0 aliphatic heterocycles. The predicted molar refractivity (Wildman–Crippen MR) is 85.7 cm³/mol. The third kappa shape index (κ3) is 3.04. The maximum absolute atomic E-state index is 10.6. The molecule has 0 radical (unpaired) electrons. The molecule has 9 heteroatoms. The summed E-state index contributed by atoms with van der Waals surface area (Å²) in [6.07, 6.45) is 1.51. The molecule has 0 saturated carbocycles. The lowest BCUT2D eigenvalue weighted by atomic mass is 10.2. The molecular formula is C14H13N5O3S. The Morgan fingerprint density at radius 2 is 2.17 bits per heavy atom. The molecule has 0 atom stereocenters. The van der Waals surface area contributed by atoms with E-state index in [4.69, 9.17) is 4.84 Å². The lowest BCUT2D eigenvalue weighted by Crippen LogP contribution is -1.98. The first-order valence-electron chi connectivity index (χ1n) is 6.75. The number of oxime groups is 1. The van der Waals surface area contributed by atoms with Crippen LogP contribution < -0.4 is 0 Å². The van der Waals surface area contributed by atoms with Gasteiger partial charge in [0.25, 0.3) is 5.69 Å². The second-order valence-electron chi connectivity index (χ2n) is 4.84. The number of nitrogens with zero attached hydrogens (tertiary/aromatic N) is 5.